The number of fused-ring (bicyclic) bond motifs is 2. The summed E-state index contributed by atoms with van der Waals surface area (Å²) in [5.41, 5.74) is 11.6. The van der Waals surface area contributed by atoms with Crippen LogP contribution in [-0.2, 0) is 28.6 Å². The Morgan fingerprint density at radius 3 is 1.98 bits per heavy atom. The molecule has 0 aromatic heterocycles. The summed E-state index contributed by atoms with van der Waals surface area (Å²) in [5.74, 6) is 0. The fourth-order valence-corrected chi connectivity index (χ4v) is 4.97. The van der Waals surface area contributed by atoms with Crippen LogP contribution in [-0.4, -0.2) is 64.7 Å². The van der Waals surface area contributed by atoms with Gasteiger partial charge in [-0.25, -0.2) is 0 Å². The van der Waals surface area contributed by atoms with Gasteiger partial charge in [0, 0.05) is 38.2 Å². The van der Waals surface area contributed by atoms with Crippen LogP contribution in [0.4, 0.5) is 24.5 Å². The molecular weight excluding hydrogens is 589 g/mol. The summed E-state index contributed by atoms with van der Waals surface area (Å²) in [4.78, 5) is 9.84. The Morgan fingerprint density at radius 2 is 1.45 bits per heavy atom. The highest BCUT2D eigenvalue weighted by molar-refractivity contribution is 6.00. The normalized spacial score (nSPS) is 12.8. The topological polar surface area (TPSA) is 63.3 Å². The van der Waals surface area contributed by atoms with Gasteiger partial charge in [0.05, 0.1) is 11.3 Å². The van der Waals surface area contributed by atoms with E-state index in [0.717, 1.165) is 50.9 Å². The van der Waals surface area contributed by atoms with Crippen molar-refractivity contribution in [3.63, 3.8) is 0 Å². The van der Waals surface area contributed by atoms with Crippen LogP contribution in [0.25, 0.3) is 0 Å². The van der Waals surface area contributed by atoms with E-state index in [1.54, 1.807) is 7.11 Å². The number of oxime groups is 1. The molecule has 3 aromatic rings. The Morgan fingerprint density at radius 1 is 0.864 bits per heavy atom. The first kappa shape index (κ1) is 37.1. The highest BCUT2D eigenvalue weighted by Gasteiger charge is 2.30. The first-order valence-corrected chi connectivity index (χ1v) is 14.9. The minimum Gasteiger partial charge on any atom is -0.394 e. The van der Waals surface area contributed by atoms with Crippen molar-refractivity contribution in [2.24, 2.45) is 10.9 Å². The third-order valence-electron chi connectivity index (χ3n) is 7.16. The van der Waals surface area contributed by atoms with E-state index in [4.69, 9.17) is 15.3 Å². The first-order chi connectivity index (χ1) is 20.7. The van der Waals surface area contributed by atoms with E-state index in [9.17, 15) is 13.2 Å². The third-order valence-corrected chi connectivity index (χ3v) is 7.16. The lowest BCUT2D eigenvalue weighted by atomic mass is 10.0. The number of hydrogen-bond donors (Lipinski definition) is 1. The average molecular weight is 635 g/mol. The standard InChI is InChI=1S/C19H24N2.C15H21F3N2O2.ClH/c1-20(2)14-7-15-21-18-10-5-3-8-16(18)12-13-17-9-4-6-11-19(17)21;1-21-10-3-2-4-14(20-22-11-9-19)12-5-7-13(8-6-12)15(16,17)18;/h3-6,8-11H,7,12-15H2,1-2H3;5-8H,2-4,9-11,19H2,1H3;1H/b;20-14+;. The van der Waals surface area contributed by atoms with Gasteiger partial charge in [-0.05, 0) is 100 Å². The van der Waals surface area contributed by atoms with Gasteiger partial charge in [0.25, 0.3) is 0 Å². The number of nitrogens with zero attached hydrogens (tertiary/aromatic N) is 3. The number of benzene rings is 3. The fraction of sp³-hybridized carbons (Fsp3) is 0.441. The molecule has 1 aliphatic heterocycles. The zero-order valence-corrected chi connectivity index (χ0v) is 26.8. The van der Waals surface area contributed by atoms with Crippen LogP contribution >= 0.6 is 12.4 Å². The largest absolute Gasteiger partial charge is 0.416 e. The summed E-state index contributed by atoms with van der Waals surface area (Å²) in [7, 11) is 5.91. The lowest BCUT2D eigenvalue weighted by Crippen LogP contribution is -2.23. The molecule has 1 heterocycles. The van der Waals surface area contributed by atoms with Crippen LogP contribution in [0, 0.1) is 0 Å². The van der Waals surface area contributed by atoms with Gasteiger partial charge >= 0.3 is 6.18 Å². The van der Waals surface area contributed by atoms with Crippen molar-refractivity contribution in [2.75, 3.05) is 59.0 Å². The second-order valence-corrected chi connectivity index (χ2v) is 10.8. The van der Waals surface area contributed by atoms with E-state index in [0.29, 0.717) is 30.8 Å². The number of ether oxygens (including phenoxy) is 1. The van der Waals surface area contributed by atoms with Crippen molar-refractivity contribution >= 4 is 29.5 Å². The molecule has 0 fully saturated rings. The van der Waals surface area contributed by atoms with E-state index in [1.807, 2.05) is 0 Å². The monoisotopic (exact) mass is 634 g/mol. The summed E-state index contributed by atoms with van der Waals surface area (Å²) < 4.78 is 42.7. The molecule has 0 atom stereocenters. The summed E-state index contributed by atoms with van der Waals surface area (Å²) >= 11 is 0. The highest BCUT2D eigenvalue weighted by atomic mass is 35.5. The van der Waals surface area contributed by atoms with Gasteiger partial charge in [-0.3, -0.25) is 0 Å². The zero-order chi connectivity index (χ0) is 31.1. The number of methoxy groups -OCH3 is 1. The van der Waals surface area contributed by atoms with E-state index in [-0.39, 0.29) is 19.0 Å². The molecule has 242 valence electrons. The number of halogens is 4. The Labute approximate surface area is 266 Å². The van der Waals surface area contributed by atoms with Crippen LogP contribution in [0.3, 0.4) is 0 Å². The van der Waals surface area contributed by atoms with Crippen molar-refractivity contribution in [3.05, 3.63) is 95.1 Å². The van der Waals surface area contributed by atoms with Crippen molar-refractivity contribution in [2.45, 2.75) is 44.7 Å². The molecule has 0 saturated carbocycles. The number of aryl methyl sites for hydroxylation is 2. The van der Waals surface area contributed by atoms with Gasteiger partial charge in [-0.15, -0.1) is 12.4 Å². The molecule has 0 unspecified atom stereocenters. The maximum Gasteiger partial charge on any atom is 0.416 e. The van der Waals surface area contributed by atoms with Crippen LogP contribution < -0.4 is 10.6 Å². The molecular formula is C34H46ClF3N4O2. The predicted molar refractivity (Wildman–Crippen MR) is 176 cm³/mol. The smallest absolute Gasteiger partial charge is 0.394 e. The zero-order valence-electron chi connectivity index (χ0n) is 26.0. The van der Waals surface area contributed by atoms with Gasteiger partial charge in [-0.2, -0.15) is 13.2 Å². The molecule has 1 aliphatic rings. The molecule has 10 heteroatoms. The van der Waals surface area contributed by atoms with Gasteiger partial charge in [0.1, 0.15) is 6.61 Å². The van der Waals surface area contributed by atoms with E-state index >= 15 is 0 Å². The van der Waals surface area contributed by atoms with Gasteiger partial charge in [0.15, 0.2) is 0 Å². The van der Waals surface area contributed by atoms with E-state index in [1.165, 1.54) is 41.1 Å². The maximum atomic E-state index is 12.6. The van der Waals surface area contributed by atoms with E-state index in [2.05, 4.69) is 77.6 Å². The molecule has 0 aliphatic carbocycles. The Balaban J connectivity index is 0.000000300. The molecule has 0 saturated heterocycles. The quantitative estimate of drug-likeness (QED) is 0.120. The molecule has 0 radical (unpaired) electrons. The van der Waals surface area contributed by atoms with Gasteiger partial charge in [-0.1, -0.05) is 53.7 Å². The Kier molecular flexibility index (Phi) is 16.3. The number of nitrogens with two attached hydrogens (primary N) is 1. The number of unbranched alkanes of at least 4 members (excludes halogenated alkanes) is 1. The van der Waals surface area contributed by atoms with Crippen LogP contribution in [0.15, 0.2) is 78.0 Å². The predicted octanol–water partition coefficient (Wildman–Crippen LogP) is 7.50. The summed E-state index contributed by atoms with van der Waals surface area (Å²) in [5, 5.41) is 3.99. The average Bonchev–Trinajstić information content (AvgIpc) is 3.15. The molecule has 6 nitrogen and oxygen atoms in total. The number of anilines is 2. The second-order valence-electron chi connectivity index (χ2n) is 10.8. The summed E-state index contributed by atoms with van der Waals surface area (Å²) in [6, 6.07) is 22.6. The molecule has 0 amide bonds. The number of hydrogen-bond acceptors (Lipinski definition) is 6. The van der Waals surface area contributed by atoms with Crippen molar-refractivity contribution in [1.82, 2.24) is 4.90 Å². The summed E-state index contributed by atoms with van der Waals surface area (Å²) in [6.45, 7) is 3.42. The number of para-hydroxylation sites is 2. The third kappa shape index (κ3) is 11.8. The molecule has 3 aromatic carbocycles. The van der Waals surface area contributed by atoms with Gasteiger partial charge in [0.2, 0.25) is 0 Å². The number of alkyl halides is 3. The first-order valence-electron chi connectivity index (χ1n) is 14.9. The molecule has 2 N–H and O–H groups in total. The molecule has 4 rings (SSSR count). The minimum absolute atomic E-state index is 0. The van der Waals surface area contributed by atoms with Crippen LogP contribution in [0.2, 0.25) is 0 Å². The second kappa shape index (κ2) is 19.3. The lowest BCUT2D eigenvalue weighted by Gasteiger charge is -2.27. The molecule has 44 heavy (non-hydrogen) atoms. The lowest BCUT2D eigenvalue weighted by molar-refractivity contribution is -0.137. The Hall–Kier alpha value is -3.11. The Bertz CT molecular complexity index is 1220. The van der Waals surface area contributed by atoms with Crippen molar-refractivity contribution in [3.8, 4) is 0 Å². The van der Waals surface area contributed by atoms with Crippen LogP contribution in [0.1, 0.15) is 47.9 Å². The van der Waals surface area contributed by atoms with Crippen molar-refractivity contribution in [1.29, 1.82) is 0 Å². The molecule has 0 spiro atoms. The minimum atomic E-state index is -4.34. The number of rotatable bonds is 13. The fourth-order valence-electron chi connectivity index (χ4n) is 4.97. The molecule has 0 bridgehead atoms. The van der Waals surface area contributed by atoms with E-state index < -0.39 is 11.7 Å². The van der Waals surface area contributed by atoms with Crippen molar-refractivity contribution < 1.29 is 22.7 Å². The maximum absolute atomic E-state index is 12.6. The van der Waals surface area contributed by atoms with Gasteiger partial charge < -0.3 is 25.1 Å². The van der Waals surface area contributed by atoms with Crippen LogP contribution in [0.5, 0.6) is 0 Å². The SMILES string of the molecule is CN(C)CCCN1c2ccccc2CCc2ccccc21.COCCCC/C(=N\OCCN)c1ccc(C(F)(F)F)cc1.Cl. The highest BCUT2D eigenvalue weighted by Crippen LogP contribution is 2.36. The summed E-state index contributed by atoms with van der Waals surface area (Å²) in [6.07, 6.45) is 1.35.